The Balaban J connectivity index is 1.93. The normalized spacial score (nSPS) is 14.1. The topological polar surface area (TPSA) is 60.9 Å². The number of anilines is 1. The molecule has 0 N–H and O–H groups in total. The number of carbonyl (C=O) groups is 1. The molecular weight excluding hydrogens is 380 g/mol. The van der Waals surface area contributed by atoms with E-state index in [0.717, 1.165) is 27.7 Å². The zero-order valence-corrected chi connectivity index (χ0v) is 17.8. The van der Waals surface area contributed by atoms with Crippen LogP contribution in [0.5, 0.6) is 11.5 Å². The summed E-state index contributed by atoms with van der Waals surface area (Å²) in [6, 6.07) is 9.57. The highest BCUT2D eigenvalue weighted by Gasteiger charge is 2.24. The van der Waals surface area contributed by atoms with Gasteiger partial charge in [0.1, 0.15) is 0 Å². The first-order valence-corrected chi connectivity index (χ1v) is 10.0. The third-order valence-corrected chi connectivity index (χ3v) is 5.69. The maximum absolute atomic E-state index is 13.5. The van der Waals surface area contributed by atoms with Crippen LogP contribution in [0.3, 0.4) is 0 Å². The monoisotopic (exact) mass is 406 g/mol. The number of morpholine rings is 1. The van der Waals surface area contributed by atoms with Gasteiger partial charge in [0.15, 0.2) is 17.3 Å². The molecule has 1 aliphatic rings. The Morgan fingerprint density at radius 3 is 2.37 bits per heavy atom. The van der Waals surface area contributed by atoms with Crippen LogP contribution in [-0.2, 0) is 4.74 Å². The SMILES string of the molecule is COc1cc2ncc(C(=O)c3ccc(C)c(C)c3)c(N3CCOCC3)c2cc1OC. The zero-order chi connectivity index (χ0) is 21.3. The van der Waals surface area contributed by atoms with Gasteiger partial charge in [-0.2, -0.15) is 0 Å². The number of hydrogen-bond acceptors (Lipinski definition) is 6. The minimum Gasteiger partial charge on any atom is -0.493 e. The van der Waals surface area contributed by atoms with Crippen LogP contribution in [0, 0.1) is 13.8 Å². The Morgan fingerprint density at radius 1 is 1.00 bits per heavy atom. The number of fused-ring (bicyclic) bond motifs is 1. The minimum absolute atomic E-state index is 0.0382. The lowest BCUT2D eigenvalue weighted by Crippen LogP contribution is -2.37. The van der Waals surface area contributed by atoms with Gasteiger partial charge in [0.2, 0.25) is 0 Å². The van der Waals surface area contributed by atoms with Crippen LogP contribution in [-0.4, -0.2) is 51.3 Å². The highest BCUT2D eigenvalue weighted by molar-refractivity contribution is 6.16. The number of aryl methyl sites for hydroxylation is 2. The lowest BCUT2D eigenvalue weighted by Gasteiger charge is -2.31. The maximum atomic E-state index is 13.5. The Bertz CT molecular complexity index is 1100. The molecule has 1 saturated heterocycles. The average Bonchev–Trinajstić information content (AvgIpc) is 2.79. The second-order valence-electron chi connectivity index (χ2n) is 7.47. The van der Waals surface area contributed by atoms with E-state index >= 15 is 0 Å². The van der Waals surface area contributed by atoms with Crippen molar-refractivity contribution in [3.63, 3.8) is 0 Å². The molecule has 0 spiro atoms. The van der Waals surface area contributed by atoms with Gasteiger partial charge in [-0.3, -0.25) is 9.78 Å². The summed E-state index contributed by atoms with van der Waals surface area (Å²) in [6.07, 6.45) is 1.68. The molecule has 3 aromatic rings. The molecule has 30 heavy (non-hydrogen) atoms. The largest absolute Gasteiger partial charge is 0.493 e. The third-order valence-electron chi connectivity index (χ3n) is 5.69. The molecule has 0 amide bonds. The highest BCUT2D eigenvalue weighted by Crippen LogP contribution is 2.38. The summed E-state index contributed by atoms with van der Waals surface area (Å²) in [5.41, 5.74) is 5.12. The standard InChI is InChI=1S/C24H26N2O4/c1-15-5-6-17(11-16(15)2)24(27)19-14-25-20-13-22(29-4)21(28-3)12-18(20)23(19)26-7-9-30-10-8-26/h5-6,11-14H,7-10H2,1-4H3. The van der Waals surface area contributed by atoms with Crippen LogP contribution < -0.4 is 14.4 Å². The Kier molecular flexibility index (Phi) is 5.59. The lowest BCUT2D eigenvalue weighted by molar-refractivity contribution is 0.103. The first kappa shape index (κ1) is 20.2. The Morgan fingerprint density at radius 2 is 1.70 bits per heavy atom. The fourth-order valence-electron chi connectivity index (χ4n) is 3.84. The van der Waals surface area contributed by atoms with E-state index < -0.39 is 0 Å². The fraction of sp³-hybridized carbons (Fsp3) is 0.333. The summed E-state index contributed by atoms with van der Waals surface area (Å²) in [5.74, 6) is 1.18. The van der Waals surface area contributed by atoms with Gasteiger partial charge in [0.05, 0.1) is 44.2 Å². The van der Waals surface area contributed by atoms with E-state index in [2.05, 4.69) is 9.88 Å². The van der Waals surface area contributed by atoms with Crippen molar-refractivity contribution in [2.45, 2.75) is 13.8 Å². The molecule has 0 atom stereocenters. The zero-order valence-electron chi connectivity index (χ0n) is 17.8. The van der Waals surface area contributed by atoms with Gasteiger partial charge in [-0.05, 0) is 37.1 Å². The molecule has 0 bridgehead atoms. The summed E-state index contributed by atoms with van der Waals surface area (Å²) in [7, 11) is 3.21. The number of methoxy groups -OCH3 is 2. The van der Waals surface area contributed by atoms with Crippen molar-refractivity contribution < 1.29 is 19.0 Å². The van der Waals surface area contributed by atoms with Crippen molar-refractivity contribution in [1.82, 2.24) is 4.98 Å². The number of benzene rings is 2. The molecule has 0 saturated carbocycles. The van der Waals surface area contributed by atoms with E-state index in [-0.39, 0.29) is 5.78 Å². The van der Waals surface area contributed by atoms with E-state index in [1.807, 2.05) is 44.2 Å². The molecule has 1 fully saturated rings. The van der Waals surface area contributed by atoms with Gasteiger partial charge in [-0.15, -0.1) is 0 Å². The molecule has 1 aliphatic heterocycles. The summed E-state index contributed by atoms with van der Waals surface area (Å²) < 4.78 is 16.5. The number of nitrogens with zero attached hydrogens (tertiary/aromatic N) is 2. The van der Waals surface area contributed by atoms with Crippen LogP contribution in [0.4, 0.5) is 5.69 Å². The summed E-state index contributed by atoms with van der Waals surface area (Å²) in [5, 5.41) is 0.865. The van der Waals surface area contributed by atoms with Gasteiger partial charge in [0.25, 0.3) is 0 Å². The average molecular weight is 406 g/mol. The molecule has 1 aromatic heterocycles. The van der Waals surface area contributed by atoms with Crippen molar-refractivity contribution in [1.29, 1.82) is 0 Å². The third kappa shape index (κ3) is 3.59. The van der Waals surface area contributed by atoms with E-state index in [4.69, 9.17) is 14.2 Å². The van der Waals surface area contributed by atoms with Crippen molar-refractivity contribution >= 4 is 22.4 Å². The van der Waals surface area contributed by atoms with E-state index in [1.54, 1.807) is 20.4 Å². The molecule has 0 unspecified atom stereocenters. The van der Waals surface area contributed by atoms with Crippen LogP contribution in [0.25, 0.3) is 10.9 Å². The number of rotatable bonds is 5. The number of ketones is 1. The predicted molar refractivity (Wildman–Crippen MR) is 117 cm³/mol. The first-order chi connectivity index (χ1) is 14.5. The van der Waals surface area contributed by atoms with Gasteiger partial charge in [-0.25, -0.2) is 0 Å². The van der Waals surface area contributed by atoms with E-state index in [1.165, 1.54) is 0 Å². The minimum atomic E-state index is -0.0382. The second-order valence-corrected chi connectivity index (χ2v) is 7.47. The smallest absolute Gasteiger partial charge is 0.196 e. The fourth-order valence-corrected chi connectivity index (χ4v) is 3.84. The quantitative estimate of drug-likeness (QED) is 0.598. The van der Waals surface area contributed by atoms with Crippen molar-refractivity contribution in [3.05, 3.63) is 58.8 Å². The molecule has 2 aromatic carbocycles. The summed E-state index contributed by atoms with van der Waals surface area (Å²) >= 11 is 0. The second kappa shape index (κ2) is 8.32. The summed E-state index contributed by atoms with van der Waals surface area (Å²) in [4.78, 5) is 20.3. The van der Waals surface area contributed by atoms with Crippen LogP contribution >= 0.6 is 0 Å². The summed E-state index contributed by atoms with van der Waals surface area (Å²) in [6.45, 7) is 6.72. The van der Waals surface area contributed by atoms with Crippen molar-refractivity contribution in [2.75, 3.05) is 45.4 Å². The van der Waals surface area contributed by atoms with Gasteiger partial charge < -0.3 is 19.1 Å². The molecular formula is C24H26N2O4. The van der Waals surface area contributed by atoms with Crippen LogP contribution in [0.2, 0.25) is 0 Å². The predicted octanol–water partition coefficient (Wildman–Crippen LogP) is 3.94. The van der Waals surface area contributed by atoms with Crippen molar-refractivity contribution in [3.8, 4) is 11.5 Å². The molecule has 6 heteroatoms. The van der Waals surface area contributed by atoms with Crippen LogP contribution in [0.15, 0.2) is 36.5 Å². The van der Waals surface area contributed by atoms with Crippen LogP contribution in [0.1, 0.15) is 27.0 Å². The molecule has 0 aliphatic carbocycles. The highest BCUT2D eigenvalue weighted by atomic mass is 16.5. The molecule has 0 radical (unpaired) electrons. The number of pyridine rings is 1. The maximum Gasteiger partial charge on any atom is 0.196 e. The molecule has 156 valence electrons. The van der Waals surface area contributed by atoms with E-state index in [0.29, 0.717) is 48.9 Å². The number of carbonyl (C=O) groups excluding carboxylic acids is 1. The first-order valence-electron chi connectivity index (χ1n) is 10.0. The molecule has 6 nitrogen and oxygen atoms in total. The number of hydrogen-bond donors (Lipinski definition) is 0. The Hall–Kier alpha value is -3.12. The van der Waals surface area contributed by atoms with Crippen molar-refractivity contribution in [2.24, 2.45) is 0 Å². The number of aromatic nitrogens is 1. The number of ether oxygens (including phenoxy) is 3. The van der Waals surface area contributed by atoms with Gasteiger partial charge >= 0.3 is 0 Å². The molecule has 4 rings (SSSR count). The van der Waals surface area contributed by atoms with Gasteiger partial charge in [-0.1, -0.05) is 12.1 Å². The molecule has 2 heterocycles. The van der Waals surface area contributed by atoms with Gasteiger partial charge in [0, 0.05) is 36.3 Å². The Labute approximate surface area is 176 Å². The lowest BCUT2D eigenvalue weighted by atomic mass is 9.97. The van der Waals surface area contributed by atoms with E-state index in [9.17, 15) is 4.79 Å².